The Kier molecular flexibility index (Phi) is 5.02. The minimum atomic E-state index is 0.570. The van der Waals surface area contributed by atoms with Gasteiger partial charge in [0, 0.05) is 19.6 Å². The van der Waals surface area contributed by atoms with Crippen LogP contribution >= 0.6 is 12.2 Å². The van der Waals surface area contributed by atoms with Crippen molar-refractivity contribution < 1.29 is 4.74 Å². The maximum atomic E-state index is 5.46. The number of nitrogens with one attached hydrogen (secondary N) is 1. The Hall–Kier alpha value is -1.29. The van der Waals surface area contributed by atoms with Crippen molar-refractivity contribution in [3.63, 3.8) is 0 Å². The van der Waals surface area contributed by atoms with E-state index in [9.17, 15) is 0 Å². The number of hydrogen-bond donors (Lipinski definition) is 1. The molecule has 0 unspecified atom stereocenters. The maximum Gasteiger partial charge on any atom is 0.169 e. The summed E-state index contributed by atoms with van der Waals surface area (Å²) in [5.74, 6) is 0.889. The highest BCUT2D eigenvalue weighted by molar-refractivity contribution is 7.80. The van der Waals surface area contributed by atoms with Gasteiger partial charge in [0.05, 0.1) is 7.11 Å². The predicted molar refractivity (Wildman–Crippen MR) is 82.5 cm³/mol. The molecule has 1 aromatic carbocycles. The van der Waals surface area contributed by atoms with Crippen LogP contribution in [0.2, 0.25) is 0 Å². The molecule has 0 saturated heterocycles. The molecule has 0 radical (unpaired) electrons. The van der Waals surface area contributed by atoms with Gasteiger partial charge in [-0.2, -0.15) is 0 Å². The van der Waals surface area contributed by atoms with Crippen molar-refractivity contribution in [1.29, 1.82) is 0 Å². The third-order valence-electron chi connectivity index (χ3n) is 3.58. The van der Waals surface area contributed by atoms with Crippen LogP contribution < -0.4 is 10.1 Å². The Morgan fingerprint density at radius 2 is 2.16 bits per heavy atom. The van der Waals surface area contributed by atoms with Crippen molar-refractivity contribution in [2.75, 3.05) is 14.2 Å². The lowest BCUT2D eigenvalue weighted by atomic mass is 10.2. The number of hydrogen-bond acceptors (Lipinski definition) is 2. The zero-order valence-corrected chi connectivity index (χ0v) is 12.5. The summed E-state index contributed by atoms with van der Waals surface area (Å²) < 4.78 is 5.24. The number of thiocarbonyl (C=S) groups is 1. The lowest BCUT2D eigenvalue weighted by molar-refractivity contribution is 0.412. The number of benzene rings is 1. The van der Waals surface area contributed by atoms with Gasteiger partial charge in [-0.1, -0.05) is 25.0 Å². The van der Waals surface area contributed by atoms with Crippen LogP contribution in [0, 0.1) is 0 Å². The van der Waals surface area contributed by atoms with Gasteiger partial charge in [0.25, 0.3) is 0 Å². The number of ether oxygens (including phenoxy) is 1. The van der Waals surface area contributed by atoms with Gasteiger partial charge in [-0.25, -0.2) is 0 Å². The first kappa shape index (κ1) is 14.1. The lowest BCUT2D eigenvalue weighted by Crippen LogP contribution is -2.41. The summed E-state index contributed by atoms with van der Waals surface area (Å²) in [6, 6.07) is 8.68. The van der Waals surface area contributed by atoms with Crippen LogP contribution in [-0.4, -0.2) is 30.2 Å². The van der Waals surface area contributed by atoms with E-state index in [0.717, 1.165) is 17.4 Å². The van der Waals surface area contributed by atoms with Crippen molar-refractivity contribution in [2.24, 2.45) is 0 Å². The third-order valence-corrected chi connectivity index (χ3v) is 4.01. The molecule has 1 N–H and O–H groups in total. The fraction of sp³-hybridized carbons (Fsp3) is 0.533. The van der Waals surface area contributed by atoms with Crippen LogP contribution in [0.1, 0.15) is 31.2 Å². The molecule has 4 heteroatoms. The Bertz CT molecular complexity index is 430. The van der Waals surface area contributed by atoms with Crippen molar-refractivity contribution in [2.45, 2.75) is 38.3 Å². The van der Waals surface area contributed by atoms with Gasteiger partial charge in [0.1, 0.15) is 5.75 Å². The second-order valence-corrected chi connectivity index (χ2v) is 5.53. The summed E-state index contributed by atoms with van der Waals surface area (Å²) in [7, 11) is 3.72. The fourth-order valence-electron chi connectivity index (χ4n) is 2.47. The van der Waals surface area contributed by atoms with E-state index in [1.807, 2.05) is 19.2 Å². The molecule has 3 nitrogen and oxygen atoms in total. The highest BCUT2D eigenvalue weighted by Gasteiger charge is 2.17. The van der Waals surface area contributed by atoms with Crippen LogP contribution in [0.3, 0.4) is 0 Å². The SMILES string of the molecule is COc1cccc(CN(C)C(=S)NC2CCCC2)c1. The van der Waals surface area contributed by atoms with Gasteiger partial charge in [-0.15, -0.1) is 0 Å². The monoisotopic (exact) mass is 278 g/mol. The van der Waals surface area contributed by atoms with Crippen LogP contribution in [0.4, 0.5) is 0 Å². The standard InChI is InChI=1S/C15H22N2OS/c1-17(15(19)16-13-7-3-4-8-13)11-12-6-5-9-14(10-12)18-2/h5-6,9-10,13H,3-4,7-8,11H2,1-2H3,(H,16,19). The molecular formula is C15H22N2OS. The first-order chi connectivity index (χ1) is 9.19. The largest absolute Gasteiger partial charge is 0.497 e. The highest BCUT2D eigenvalue weighted by Crippen LogP contribution is 2.18. The van der Waals surface area contributed by atoms with E-state index in [1.165, 1.54) is 31.2 Å². The average Bonchev–Trinajstić information content (AvgIpc) is 2.91. The Morgan fingerprint density at radius 1 is 1.42 bits per heavy atom. The maximum absolute atomic E-state index is 5.46. The number of nitrogens with zero attached hydrogens (tertiary/aromatic N) is 1. The highest BCUT2D eigenvalue weighted by atomic mass is 32.1. The van der Waals surface area contributed by atoms with E-state index in [-0.39, 0.29) is 0 Å². The molecule has 2 rings (SSSR count). The average molecular weight is 278 g/mol. The summed E-state index contributed by atoms with van der Waals surface area (Å²) in [4.78, 5) is 2.09. The number of rotatable bonds is 4. The molecule has 19 heavy (non-hydrogen) atoms. The van der Waals surface area contributed by atoms with E-state index in [2.05, 4.69) is 22.3 Å². The normalized spacial score (nSPS) is 15.3. The van der Waals surface area contributed by atoms with E-state index in [1.54, 1.807) is 7.11 Å². The molecule has 0 spiro atoms. The molecule has 0 heterocycles. The zero-order chi connectivity index (χ0) is 13.7. The summed E-state index contributed by atoms with van der Waals surface area (Å²) in [6.45, 7) is 0.801. The quantitative estimate of drug-likeness (QED) is 0.856. The zero-order valence-electron chi connectivity index (χ0n) is 11.7. The van der Waals surface area contributed by atoms with Gasteiger partial charge < -0.3 is 15.0 Å². The molecule has 1 aliphatic carbocycles. The Labute approximate surface area is 120 Å². The molecule has 0 bridgehead atoms. The summed E-state index contributed by atoms with van der Waals surface area (Å²) in [6.07, 6.45) is 5.13. The van der Waals surface area contributed by atoms with E-state index < -0.39 is 0 Å². The van der Waals surface area contributed by atoms with Gasteiger partial charge in [0.2, 0.25) is 0 Å². The predicted octanol–water partition coefficient (Wildman–Crippen LogP) is 2.94. The molecule has 1 aliphatic rings. The fourth-order valence-corrected chi connectivity index (χ4v) is 2.70. The van der Waals surface area contributed by atoms with Crippen molar-refractivity contribution in [3.05, 3.63) is 29.8 Å². The van der Waals surface area contributed by atoms with Crippen LogP contribution in [0.15, 0.2) is 24.3 Å². The van der Waals surface area contributed by atoms with Crippen LogP contribution in [0.5, 0.6) is 5.75 Å². The first-order valence-electron chi connectivity index (χ1n) is 6.83. The van der Waals surface area contributed by atoms with E-state index >= 15 is 0 Å². The minimum absolute atomic E-state index is 0.570. The van der Waals surface area contributed by atoms with Crippen LogP contribution in [-0.2, 0) is 6.54 Å². The van der Waals surface area contributed by atoms with Gasteiger partial charge in [0.15, 0.2) is 5.11 Å². The van der Waals surface area contributed by atoms with Crippen LogP contribution in [0.25, 0.3) is 0 Å². The molecule has 0 amide bonds. The second-order valence-electron chi connectivity index (χ2n) is 5.14. The van der Waals surface area contributed by atoms with Gasteiger partial charge in [-0.3, -0.25) is 0 Å². The van der Waals surface area contributed by atoms with Crippen molar-refractivity contribution >= 4 is 17.3 Å². The second kappa shape index (κ2) is 6.75. The Morgan fingerprint density at radius 3 is 2.84 bits per heavy atom. The van der Waals surface area contributed by atoms with Crippen molar-refractivity contribution in [3.8, 4) is 5.75 Å². The summed E-state index contributed by atoms with van der Waals surface area (Å²) in [5, 5.41) is 4.30. The summed E-state index contributed by atoms with van der Waals surface area (Å²) >= 11 is 5.46. The molecule has 1 saturated carbocycles. The number of methoxy groups -OCH3 is 1. The van der Waals surface area contributed by atoms with Crippen molar-refractivity contribution in [1.82, 2.24) is 10.2 Å². The molecular weight excluding hydrogens is 256 g/mol. The molecule has 0 aliphatic heterocycles. The van der Waals surface area contributed by atoms with Gasteiger partial charge in [-0.05, 0) is 42.8 Å². The molecule has 1 fully saturated rings. The Balaban J connectivity index is 1.88. The first-order valence-corrected chi connectivity index (χ1v) is 7.24. The molecule has 1 aromatic rings. The van der Waals surface area contributed by atoms with Gasteiger partial charge >= 0.3 is 0 Å². The molecule has 0 aromatic heterocycles. The molecule has 104 valence electrons. The molecule has 0 atom stereocenters. The van der Waals surface area contributed by atoms with E-state index in [0.29, 0.717) is 6.04 Å². The smallest absolute Gasteiger partial charge is 0.169 e. The minimum Gasteiger partial charge on any atom is -0.497 e. The lowest BCUT2D eigenvalue weighted by Gasteiger charge is -2.24. The summed E-state index contributed by atoms with van der Waals surface area (Å²) in [5.41, 5.74) is 1.21. The van der Waals surface area contributed by atoms with E-state index in [4.69, 9.17) is 17.0 Å². The topological polar surface area (TPSA) is 24.5 Å². The third kappa shape index (κ3) is 4.10.